The van der Waals surface area contributed by atoms with Crippen molar-refractivity contribution in [3.05, 3.63) is 35.4 Å². The Morgan fingerprint density at radius 1 is 1.17 bits per heavy atom. The summed E-state index contributed by atoms with van der Waals surface area (Å²) in [5.41, 5.74) is 2.71. The summed E-state index contributed by atoms with van der Waals surface area (Å²) in [5.74, 6) is 0. The number of fused-ring (bicyclic) bond motifs is 1. The Bertz CT molecular complexity index is 518. The van der Waals surface area contributed by atoms with Crippen LogP contribution < -0.4 is 10.6 Å². The van der Waals surface area contributed by atoms with Gasteiger partial charge in [0.2, 0.25) is 0 Å². The van der Waals surface area contributed by atoms with Gasteiger partial charge < -0.3 is 15.4 Å². The van der Waals surface area contributed by atoms with E-state index in [0.717, 1.165) is 39.1 Å². The van der Waals surface area contributed by atoms with Crippen LogP contribution in [0.1, 0.15) is 25.0 Å². The summed E-state index contributed by atoms with van der Waals surface area (Å²) in [6.07, 6.45) is 1.86. The number of hydrogen-bond donors (Lipinski definition) is 2. The van der Waals surface area contributed by atoms with Gasteiger partial charge in [-0.3, -0.25) is 4.90 Å². The second-order valence-electron chi connectivity index (χ2n) is 6.67. The Labute approximate surface area is 138 Å². The van der Waals surface area contributed by atoms with Gasteiger partial charge in [0, 0.05) is 31.2 Å². The second kappa shape index (κ2) is 7.32. The number of amides is 2. The van der Waals surface area contributed by atoms with Crippen molar-refractivity contribution in [1.82, 2.24) is 15.5 Å². The summed E-state index contributed by atoms with van der Waals surface area (Å²) in [6, 6.07) is 8.99. The van der Waals surface area contributed by atoms with Gasteiger partial charge in [-0.25, -0.2) is 4.79 Å². The monoisotopic (exact) mass is 317 g/mol. The quantitative estimate of drug-likeness (QED) is 0.886. The maximum Gasteiger partial charge on any atom is 0.315 e. The zero-order valence-electron chi connectivity index (χ0n) is 14.0. The van der Waals surface area contributed by atoms with E-state index >= 15 is 0 Å². The van der Waals surface area contributed by atoms with Crippen LogP contribution in [0.5, 0.6) is 0 Å². The molecule has 1 aromatic carbocycles. The van der Waals surface area contributed by atoms with Crippen molar-refractivity contribution in [2.24, 2.45) is 0 Å². The van der Waals surface area contributed by atoms with Gasteiger partial charge >= 0.3 is 6.03 Å². The first-order chi connectivity index (χ1) is 11.1. The molecule has 1 saturated heterocycles. The fraction of sp³-hybridized carbons (Fsp3) is 0.611. The maximum absolute atomic E-state index is 12.3. The molecular formula is C18H27N3O2. The molecule has 2 aliphatic rings. The van der Waals surface area contributed by atoms with E-state index in [-0.39, 0.29) is 18.1 Å². The van der Waals surface area contributed by atoms with Crippen LogP contribution in [0.4, 0.5) is 4.79 Å². The largest absolute Gasteiger partial charge is 0.379 e. The molecule has 0 bridgehead atoms. The lowest BCUT2D eigenvalue weighted by Gasteiger charge is -2.36. The van der Waals surface area contributed by atoms with Crippen molar-refractivity contribution in [1.29, 1.82) is 0 Å². The molecule has 2 atom stereocenters. The average molecular weight is 317 g/mol. The minimum absolute atomic E-state index is 0.0598. The van der Waals surface area contributed by atoms with E-state index < -0.39 is 0 Å². The molecule has 23 heavy (non-hydrogen) atoms. The van der Waals surface area contributed by atoms with Crippen LogP contribution >= 0.6 is 0 Å². The molecule has 1 heterocycles. The van der Waals surface area contributed by atoms with E-state index in [9.17, 15) is 4.79 Å². The molecule has 5 nitrogen and oxygen atoms in total. The third-order valence-corrected chi connectivity index (χ3v) is 5.09. The van der Waals surface area contributed by atoms with Crippen LogP contribution in [-0.4, -0.2) is 55.4 Å². The van der Waals surface area contributed by atoms with E-state index in [4.69, 9.17) is 4.74 Å². The maximum atomic E-state index is 12.3. The van der Waals surface area contributed by atoms with E-state index in [1.165, 1.54) is 11.1 Å². The number of rotatable bonds is 4. The Balaban J connectivity index is 1.46. The lowest BCUT2D eigenvalue weighted by Crippen LogP contribution is -2.54. The van der Waals surface area contributed by atoms with E-state index in [1.807, 2.05) is 0 Å². The zero-order valence-corrected chi connectivity index (χ0v) is 14.0. The molecule has 2 N–H and O–H groups in total. The Morgan fingerprint density at radius 3 is 2.39 bits per heavy atom. The number of hydrogen-bond acceptors (Lipinski definition) is 3. The summed E-state index contributed by atoms with van der Waals surface area (Å²) >= 11 is 0. The summed E-state index contributed by atoms with van der Waals surface area (Å²) in [4.78, 5) is 14.7. The zero-order chi connectivity index (χ0) is 16.2. The van der Waals surface area contributed by atoms with Crippen molar-refractivity contribution in [3.63, 3.8) is 0 Å². The number of ether oxygens (including phenoxy) is 1. The SMILES string of the molecule is C[C@H]([C@@H](C)NC(=O)NC1Cc2ccccc2C1)N1CCOCC1. The molecule has 1 aromatic rings. The highest BCUT2D eigenvalue weighted by atomic mass is 16.5. The van der Waals surface area contributed by atoms with Gasteiger partial charge in [-0.2, -0.15) is 0 Å². The van der Waals surface area contributed by atoms with Crippen LogP contribution in [0, 0.1) is 0 Å². The molecule has 0 saturated carbocycles. The van der Waals surface area contributed by atoms with Gasteiger partial charge in [-0.05, 0) is 37.8 Å². The van der Waals surface area contributed by atoms with Gasteiger partial charge in [-0.15, -0.1) is 0 Å². The topological polar surface area (TPSA) is 53.6 Å². The number of morpholine rings is 1. The van der Waals surface area contributed by atoms with Gasteiger partial charge in [0.05, 0.1) is 13.2 Å². The van der Waals surface area contributed by atoms with Crippen LogP contribution in [0.25, 0.3) is 0 Å². The predicted molar refractivity (Wildman–Crippen MR) is 90.6 cm³/mol. The highest BCUT2D eigenvalue weighted by molar-refractivity contribution is 5.74. The summed E-state index contributed by atoms with van der Waals surface area (Å²) in [6.45, 7) is 7.68. The van der Waals surface area contributed by atoms with Crippen molar-refractivity contribution < 1.29 is 9.53 Å². The summed E-state index contributed by atoms with van der Waals surface area (Å²) < 4.78 is 5.39. The molecule has 5 heteroatoms. The van der Waals surface area contributed by atoms with Crippen molar-refractivity contribution in [2.75, 3.05) is 26.3 Å². The lowest BCUT2D eigenvalue weighted by atomic mass is 10.1. The van der Waals surface area contributed by atoms with Crippen molar-refractivity contribution >= 4 is 6.03 Å². The summed E-state index contributed by atoms with van der Waals surface area (Å²) in [5, 5.41) is 6.22. The molecular weight excluding hydrogens is 290 g/mol. The van der Waals surface area contributed by atoms with E-state index in [2.05, 4.69) is 53.6 Å². The van der Waals surface area contributed by atoms with Gasteiger partial charge in [-0.1, -0.05) is 24.3 Å². The Morgan fingerprint density at radius 2 is 1.78 bits per heavy atom. The third kappa shape index (κ3) is 4.03. The average Bonchev–Trinajstić information content (AvgIpc) is 2.96. The molecule has 2 amide bonds. The first-order valence-corrected chi connectivity index (χ1v) is 8.59. The molecule has 0 aromatic heterocycles. The molecule has 126 valence electrons. The number of benzene rings is 1. The highest BCUT2D eigenvalue weighted by Crippen LogP contribution is 2.21. The number of carbonyl (C=O) groups is 1. The van der Waals surface area contributed by atoms with Gasteiger partial charge in [0.1, 0.15) is 0 Å². The standard InChI is InChI=1S/C18H27N3O2/c1-13(14(2)21-7-9-23-10-8-21)19-18(22)20-17-11-15-5-3-4-6-16(15)12-17/h3-6,13-14,17H,7-12H2,1-2H3,(H2,19,20,22)/t13-,14-/m1/s1. The molecule has 1 aliphatic heterocycles. The van der Waals surface area contributed by atoms with Gasteiger partial charge in [0.25, 0.3) is 0 Å². The van der Waals surface area contributed by atoms with Crippen molar-refractivity contribution in [2.45, 2.75) is 44.8 Å². The Kier molecular flexibility index (Phi) is 5.18. The fourth-order valence-electron chi connectivity index (χ4n) is 3.52. The van der Waals surface area contributed by atoms with Gasteiger partial charge in [0.15, 0.2) is 0 Å². The molecule has 1 fully saturated rings. The first kappa shape index (κ1) is 16.3. The number of carbonyl (C=O) groups excluding carboxylic acids is 1. The summed E-state index contributed by atoms with van der Waals surface area (Å²) in [7, 11) is 0. The minimum Gasteiger partial charge on any atom is -0.379 e. The molecule has 0 spiro atoms. The number of nitrogens with zero attached hydrogens (tertiary/aromatic N) is 1. The molecule has 0 unspecified atom stereocenters. The number of urea groups is 1. The molecule has 0 radical (unpaired) electrons. The second-order valence-corrected chi connectivity index (χ2v) is 6.67. The van der Waals surface area contributed by atoms with E-state index in [0.29, 0.717) is 6.04 Å². The molecule has 3 rings (SSSR count). The first-order valence-electron chi connectivity index (χ1n) is 8.59. The van der Waals surface area contributed by atoms with E-state index in [1.54, 1.807) is 0 Å². The van der Waals surface area contributed by atoms with Crippen molar-refractivity contribution in [3.8, 4) is 0 Å². The lowest BCUT2D eigenvalue weighted by molar-refractivity contribution is 0.0144. The predicted octanol–water partition coefficient (Wildman–Crippen LogP) is 1.56. The smallest absolute Gasteiger partial charge is 0.315 e. The highest BCUT2D eigenvalue weighted by Gasteiger charge is 2.26. The van der Waals surface area contributed by atoms with Crippen LogP contribution in [0.3, 0.4) is 0 Å². The number of nitrogens with one attached hydrogen (secondary N) is 2. The normalized spacial score (nSPS) is 21.5. The third-order valence-electron chi connectivity index (χ3n) is 5.09. The van der Waals surface area contributed by atoms with Crippen LogP contribution in [0.2, 0.25) is 0 Å². The minimum atomic E-state index is -0.0598. The fourth-order valence-corrected chi connectivity index (χ4v) is 3.52. The Hall–Kier alpha value is -1.59. The van der Waals surface area contributed by atoms with Crippen LogP contribution in [0.15, 0.2) is 24.3 Å². The van der Waals surface area contributed by atoms with Crippen LogP contribution in [-0.2, 0) is 17.6 Å². The molecule has 1 aliphatic carbocycles.